The predicted octanol–water partition coefficient (Wildman–Crippen LogP) is -1.00. The van der Waals surface area contributed by atoms with E-state index in [9.17, 15) is 9.59 Å². The summed E-state index contributed by atoms with van der Waals surface area (Å²) in [6, 6.07) is 0. The Labute approximate surface area is 64.7 Å². The van der Waals surface area contributed by atoms with Gasteiger partial charge in [-0.25, -0.2) is 0 Å². The van der Waals surface area contributed by atoms with E-state index in [0.29, 0.717) is 13.0 Å². The van der Waals surface area contributed by atoms with Gasteiger partial charge in [0.25, 0.3) is 5.91 Å². The van der Waals surface area contributed by atoms with Gasteiger partial charge in [-0.2, -0.15) is 0 Å². The molecule has 0 bridgehead atoms. The van der Waals surface area contributed by atoms with Crippen molar-refractivity contribution >= 4 is 12.3 Å². The number of hydrogen-bond donors (Lipinski definition) is 2. The van der Waals surface area contributed by atoms with Crippen LogP contribution in [0.25, 0.3) is 0 Å². The van der Waals surface area contributed by atoms with Gasteiger partial charge in [-0.15, -0.1) is 6.42 Å². The minimum absolute atomic E-state index is 0.313. The number of rotatable bonds is 4. The van der Waals surface area contributed by atoms with Crippen molar-refractivity contribution in [2.24, 2.45) is 0 Å². The SMILES string of the molecule is C#CCN/C=C\C(=O)NC=O. The molecule has 0 aromatic heterocycles. The highest BCUT2D eigenvalue weighted by molar-refractivity contribution is 5.94. The maximum Gasteiger partial charge on any atom is 0.251 e. The van der Waals surface area contributed by atoms with Gasteiger partial charge in [0, 0.05) is 12.3 Å². The molecule has 0 aliphatic rings. The molecule has 0 aliphatic heterocycles. The number of carbonyl (C=O) groups is 2. The maximum absolute atomic E-state index is 10.5. The molecule has 0 rings (SSSR count). The van der Waals surface area contributed by atoms with Crippen LogP contribution in [0.5, 0.6) is 0 Å². The van der Waals surface area contributed by atoms with Crippen LogP contribution in [-0.4, -0.2) is 18.9 Å². The standard InChI is InChI=1S/C7H8N2O2/c1-2-4-8-5-3-7(11)9-6-10/h1,3,5-6,8H,4H2,(H,9,10,11)/b5-3-. The molecule has 0 saturated carbocycles. The van der Waals surface area contributed by atoms with Crippen molar-refractivity contribution in [3.8, 4) is 12.3 Å². The Kier molecular flexibility index (Phi) is 5.34. The van der Waals surface area contributed by atoms with Gasteiger partial charge in [-0.1, -0.05) is 5.92 Å². The highest BCUT2D eigenvalue weighted by atomic mass is 16.2. The van der Waals surface area contributed by atoms with E-state index >= 15 is 0 Å². The summed E-state index contributed by atoms with van der Waals surface area (Å²) in [6.45, 7) is 0.352. The molecule has 2 amide bonds. The summed E-state index contributed by atoms with van der Waals surface area (Å²) in [4.78, 5) is 20.2. The van der Waals surface area contributed by atoms with Crippen LogP contribution in [0, 0.1) is 12.3 Å². The van der Waals surface area contributed by atoms with E-state index in [1.807, 2.05) is 5.32 Å². The first-order valence-corrected chi connectivity index (χ1v) is 2.88. The van der Waals surface area contributed by atoms with Gasteiger partial charge in [-0.3, -0.25) is 14.9 Å². The molecule has 0 aliphatic carbocycles. The van der Waals surface area contributed by atoms with Gasteiger partial charge in [0.15, 0.2) is 0 Å². The van der Waals surface area contributed by atoms with Crippen molar-refractivity contribution in [1.29, 1.82) is 0 Å². The number of hydrogen-bond acceptors (Lipinski definition) is 3. The lowest BCUT2D eigenvalue weighted by atomic mass is 10.5. The first kappa shape index (κ1) is 9.24. The van der Waals surface area contributed by atoms with E-state index < -0.39 is 5.91 Å². The van der Waals surface area contributed by atoms with Gasteiger partial charge in [0.2, 0.25) is 6.41 Å². The quantitative estimate of drug-likeness (QED) is 0.235. The molecule has 0 aromatic carbocycles. The minimum atomic E-state index is -0.482. The van der Waals surface area contributed by atoms with Crippen molar-refractivity contribution in [2.75, 3.05) is 6.54 Å². The van der Waals surface area contributed by atoms with Crippen LogP contribution in [0.3, 0.4) is 0 Å². The summed E-state index contributed by atoms with van der Waals surface area (Å²) in [5, 5.41) is 4.56. The van der Waals surface area contributed by atoms with Crippen molar-refractivity contribution < 1.29 is 9.59 Å². The topological polar surface area (TPSA) is 58.2 Å². The summed E-state index contributed by atoms with van der Waals surface area (Å²) in [5.74, 6) is 1.83. The Balaban J connectivity index is 3.49. The van der Waals surface area contributed by atoms with Gasteiger partial charge in [-0.05, 0) is 0 Å². The van der Waals surface area contributed by atoms with Crippen molar-refractivity contribution in [3.05, 3.63) is 12.3 Å². The largest absolute Gasteiger partial charge is 0.380 e. The van der Waals surface area contributed by atoms with E-state index in [4.69, 9.17) is 6.42 Å². The summed E-state index contributed by atoms with van der Waals surface area (Å²) in [6.07, 6.45) is 7.76. The summed E-state index contributed by atoms with van der Waals surface area (Å²) < 4.78 is 0. The molecule has 0 radical (unpaired) electrons. The molecule has 0 heterocycles. The second-order valence-corrected chi connectivity index (χ2v) is 1.54. The van der Waals surface area contributed by atoms with Crippen LogP contribution < -0.4 is 10.6 Å². The summed E-state index contributed by atoms with van der Waals surface area (Å²) in [7, 11) is 0. The molecule has 0 spiro atoms. The lowest BCUT2D eigenvalue weighted by molar-refractivity contribution is -0.121. The molecular weight excluding hydrogens is 144 g/mol. The van der Waals surface area contributed by atoms with Gasteiger partial charge in [0.05, 0.1) is 6.54 Å². The van der Waals surface area contributed by atoms with Crippen LogP contribution in [0.2, 0.25) is 0 Å². The third-order valence-corrected chi connectivity index (χ3v) is 0.758. The van der Waals surface area contributed by atoms with Crippen LogP contribution in [0.15, 0.2) is 12.3 Å². The molecular formula is C7H8N2O2. The fraction of sp³-hybridized carbons (Fsp3) is 0.143. The Morgan fingerprint density at radius 1 is 1.64 bits per heavy atom. The fourth-order valence-electron chi connectivity index (χ4n) is 0.359. The normalized spacial score (nSPS) is 8.64. The molecule has 0 atom stereocenters. The van der Waals surface area contributed by atoms with Crippen LogP contribution in [0.1, 0.15) is 0 Å². The van der Waals surface area contributed by atoms with E-state index in [1.165, 1.54) is 12.3 Å². The average Bonchev–Trinajstić information content (AvgIpc) is 1.99. The van der Waals surface area contributed by atoms with Gasteiger partial charge in [0.1, 0.15) is 0 Å². The summed E-state index contributed by atoms with van der Waals surface area (Å²) in [5.41, 5.74) is 0. The third-order valence-electron chi connectivity index (χ3n) is 0.758. The smallest absolute Gasteiger partial charge is 0.251 e. The second kappa shape index (κ2) is 6.36. The minimum Gasteiger partial charge on any atom is -0.380 e. The van der Waals surface area contributed by atoms with Crippen molar-refractivity contribution in [3.63, 3.8) is 0 Å². The predicted molar refractivity (Wildman–Crippen MR) is 40.2 cm³/mol. The highest BCUT2D eigenvalue weighted by Gasteiger charge is 1.87. The lowest BCUT2D eigenvalue weighted by Crippen LogP contribution is -2.19. The highest BCUT2D eigenvalue weighted by Crippen LogP contribution is 1.66. The van der Waals surface area contributed by atoms with E-state index in [0.717, 1.165) is 0 Å². The Morgan fingerprint density at radius 3 is 2.91 bits per heavy atom. The van der Waals surface area contributed by atoms with Crippen molar-refractivity contribution in [2.45, 2.75) is 0 Å². The van der Waals surface area contributed by atoms with Crippen LogP contribution >= 0.6 is 0 Å². The van der Waals surface area contributed by atoms with E-state index in [2.05, 4.69) is 11.2 Å². The molecule has 4 nitrogen and oxygen atoms in total. The molecule has 0 aromatic rings. The first-order valence-electron chi connectivity index (χ1n) is 2.88. The fourth-order valence-corrected chi connectivity index (χ4v) is 0.359. The van der Waals surface area contributed by atoms with E-state index in [1.54, 1.807) is 0 Å². The summed E-state index contributed by atoms with van der Waals surface area (Å²) >= 11 is 0. The molecule has 2 N–H and O–H groups in total. The van der Waals surface area contributed by atoms with E-state index in [-0.39, 0.29) is 0 Å². The molecule has 11 heavy (non-hydrogen) atoms. The molecule has 0 saturated heterocycles. The van der Waals surface area contributed by atoms with Crippen LogP contribution in [0.4, 0.5) is 0 Å². The average molecular weight is 152 g/mol. The van der Waals surface area contributed by atoms with Crippen molar-refractivity contribution in [1.82, 2.24) is 10.6 Å². The molecule has 0 fully saturated rings. The zero-order chi connectivity index (χ0) is 8.53. The first-order chi connectivity index (χ1) is 5.31. The molecule has 4 heteroatoms. The molecule has 58 valence electrons. The Bertz CT molecular complexity index is 203. The lowest BCUT2D eigenvalue weighted by Gasteiger charge is -1.90. The second-order valence-electron chi connectivity index (χ2n) is 1.54. The Hall–Kier alpha value is -1.76. The number of amides is 2. The Morgan fingerprint density at radius 2 is 2.36 bits per heavy atom. The van der Waals surface area contributed by atoms with Gasteiger partial charge < -0.3 is 5.32 Å². The molecule has 0 unspecified atom stereocenters. The zero-order valence-electron chi connectivity index (χ0n) is 5.83. The van der Waals surface area contributed by atoms with Crippen LogP contribution in [-0.2, 0) is 9.59 Å². The number of carbonyl (C=O) groups excluding carboxylic acids is 2. The monoisotopic (exact) mass is 152 g/mol. The maximum atomic E-state index is 10.5. The zero-order valence-corrected chi connectivity index (χ0v) is 5.83. The number of terminal acetylenes is 1. The van der Waals surface area contributed by atoms with Gasteiger partial charge >= 0.3 is 0 Å². The third kappa shape index (κ3) is 6.12. The number of imide groups is 1. The number of nitrogens with one attached hydrogen (secondary N) is 2.